The number of benzene rings is 1. The van der Waals surface area contributed by atoms with E-state index in [4.69, 9.17) is 14.0 Å². The van der Waals surface area contributed by atoms with Crippen molar-refractivity contribution < 1.29 is 18.8 Å². The molecule has 2 aliphatic heterocycles. The third-order valence-corrected chi connectivity index (χ3v) is 6.37. The van der Waals surface area contributed by atoms with Gasteiger partial charge in [-0.3, -0.25) is 9.69 Å². The summed E-state index contributed by atoms with van der Waals surface area (Å²) in [6.07, 6.45) is 4.14. The number of hydrogen-bond donors (Lipinski definition) is 0. The largest absolute Gasteiger partial charge is 0.493 e. The summed E-state index contributed by atoms with van der Waals surface area (Å²) in [7, 11) is 3.21. The van der Waals surface area contributed by atoms with Crippen molar-refractivity contribution in [3.8, 4) is 22.9 Å². The molecule has 0 aliphatic carbocycles. The van der Waals surface area contributed by atoms with Gasteiger partial charge in [0.25, 0.3) is 0 Å². The van der Waals surface area contributed by atoms with Crippen LogP contribution in [0.25, 0.3) is 11.4 Å². The van der Waals surface area contributed by atoms with E-state index >= 15 is 0 Å². The van der Waals surface area contributed by atoms with Crippen LogP contribution in [0.15, 0.2) is 22.7 Å². The standard InChI is InChI=1S/C23H32N4O4/c1-16-5-4-10-27(14-16)23(28)17-8-11-26(12-9-17)15-21-24-22(25-31-21)18-6-7-19(29-2)20(13-18)30-3/h6-7,13,16-17H,4-5,8-12,14-15H2,1-3H3/t16-/m0/s1. The van der Waals surface area contributed by atoms with E-state index in [0.29, 0.717) is 41.6 Å². The summed E-state index contributed by atoms with van der Waals surface area (Å²) < 4.78 is 16.1. The Kier molecular flexibility index (Phi) is 6.75. The molecule has 1 aromatic heterocycles. The van der Waals surface area contributed by atoms with Crippen molar-refractivity contribution in [3.63, 3.8) is 0 Å². The molecule has 2 aromatic rings. The van der Waals surface area contributed by atoms with Gasteiger partial charge in [0.2, 0.25) is 17.6 Å². The first-order valence-corrected chi connectivity index (χ1v) is 11.1. The number of likely N-dealkylation sites (tertiary alicyclic amines) is 2. The second-order valence-corrected chi connectivity index (χ2v) is 8.66. The molecule has 2 aliphatic rings. The molecule has 1 amide bonds. The average Bonchev–Trinajstić information content (AvgIpc) is 3.27. The maximum absolute atomic E-state index is 12.9. The summed E-state index contributed by atoms with van der Waals surface area (Å²) in [6.45, 7) is 6.41. The Hall–Kier alpha value is -2.61. The molecule has 8 nitrogen and oxygen atoms in total. The SMILES string of the molecule is COc1ccc(-c2noc(CN3CCC(C(=O)N4CCC[C@H](C)C4)CC3)n2)cc1OC. The zero-order chi connectivity index (χ0) is 21.8. The van der Waals surface area contributed by atoms with E-state index in [9.17, 15) is 4.79 Å². The third kappa shape index (κ3) is 5.01. The van der Waals surface area contributed by atoms with Crippen LogP contribution in [0.3, 0.4) is 0 Å². The minimum absolute atomic E-state index is 0.145. The summed E-state index contributed by atoms with van der Waals surface area (Å²) in [6, 6.07) is 5.55. The molecule has 2 fully saturated rings. The molecule has 0 radical (unpaired) electrons. The fraction of sp³-hybridized carbons (Fsp3) is 0.609. The van der Waals surface area contributed by atoms with Crippen molar-refractivity contribution in [2.45, 2.75) is 39.2 Å². The Morgan fingerprint density at radius 3 is 2.61 bits per heavy atom. The van der Waals surface area contributed by atoms with Crippen LogP contribution in [0.4, 0.5) is 0 Å². The minimum Gasteiger partial charge on any atom is -0.493 e. The number of methoxy groups -OCH3 is 2. The van der Waals surface area contributed by atoms with Crippen LogP contribution in [0.1, 0.15) is 38.5 Å². The summed E-state index contributed by atoms with van der Waals surface area (Å²) in [4.78, 5) is 21.8. The number of aromatic nitrogens is 2. The average molecular weight is 429 g/mol. The highest BCUT2D eigenvalue weighted by molar-refractivity contribution is 5.79. The van der Waals surface area contributed by atoms with Crippen molar-refractivity contribution in [1.82, 2.24) is 19.9 Å². The van der Waals surface area contributed by atoms with Gasteiger partial charge in [0.05, 0.1) is 20.8 Å². The maximum atomic E-state index is 12.9. The molecule has 0 N–H and O–H groups in total. The number of piperidine rings is 2. The lowest BCUT2D eigenvalue weighted by atomic mass is 9.93. The van der Waals surface area contributed by atoms with Crippen molar-refractivity contribution in [2.24, 2.45) is 11.8 Å². The summed E-state index contributed by atoms with van der Waals surface area (Å²) >= 11 is 0. The molecule has 1 aromatic carbocycles. The highest BCUT2D eigenvalue weighted by atomic mass is 16.5. The Labute approximate surface area is 183 Å². The van der Waals surface area contributed by atoms with E-state index in [1.165, 1.54) is 6.42 Å². The Morgan fingerprint density at radius 2 is 1.90 bits per heavy atom. The number of hydrogen-bond acceptors (Lipinski definition) is 7. The number of rotatable bonds is 6. The number of carbonyl (C=O) groups is 1. The number of nitrogens with zero attached hydrogens (tertiary/aromatic N) is 4. The smallest absolute Gasteiger partial charge is 0.241 e. The second-order valence-electron chi connectivity index (χ2n) is 8.66. The lowest BCUT2D eigenvalue weighted by molar-refractivity contribution is -0.138. The van der Waals surface area contributed by atoms with Gasteiger partial charge < -0.3 is 18.9 Å². The molecule has 168 valence electrons. The maximum Gasteiger partial charge on any atom is 0.241 e. The zero-order valence-electron chi connectivity index (χ0n) is 18.7. The van der Waals surface area contributed by atoms with Crippen molar-refractivity contribution in [1.29, 1.82) is 0 Å². The van der Waals surface area contributed by atoms with E-state index in [0.717, 1.165) is 51.0 Å². The lowest BCUT2D eigenvalue weighted by Gasteiger charge is -2.36. The predicted octanol–water partition coefficient (Wildman–Crippen LogP) is 3.22. The van der Waals surface area contributed by atoms with Crippen molar-refractivity contribution in [2.75, 3.05) is 40.4 Å². The number of amides is 1. The summed E-state index contributed by atoms with van der Waals surface area (Å²) in [5.41, 5.74) is 0.813. The van der Waals surface area contributed by atoms with Crippen LogP contribution in [0, 0.1) is 11.8 Å². The zero-order valence-corrected chi connectivity index (χ0v) is 18.7. The number of ether oxygens (including phenoxy) is 2. The first-order valence-electron chi connectivity index (χ1n) is 11.1. The quantitative estimate of drug-likeness (QED) is 0.699. The Balaban J connectivity index is 1.31. The van der Waals surface area contributed by atoms with Gasteiger partial charge in [-0.15, -0.1) is 0 Å². The predicted molar refractivity (Wildman–Crippen MR) is 116 cm³/mol. The summed E-state index contributed by atoms with van der Waals surface area (Å²) in [5.74, 6) is 3.51. The molecular formula is C23H32N4O4. The monoisotopic (exact) mass is 428 g/mol. The first-order chi connectivity index (χ1) is 15.1. The van der Waals surface area contributed by atoms with Gasteiger partial charge in [-0.1, -0.05) is 12.1 Å². The topological polar surface area (TPSA) is 80.9 Å². The molecule has 3 heterocycles. The molecule has 8 heteroatoms. The van der Waals surface area contributed by atoms with Gasteiger partial charge in [0.1, 0.15) is 0 Å². The van der Waals surface area contributed by atoms with Crippen LogP contribution >= 0.6 is 0 Å². The van der Waals surface area contributed by atoms with Crippen molar-refractivity contribution >= 4 is 5.91 Å². The number of carbonyl (C=O) groups excluding carboxylic acids is 1. The molecular weight excluding hydrogens is 396 g/mol. The molecule has 2 saturated heterocycles. The van der Waals surface area contributed by atoms with E-state index in [-0.39, 0.29) is 5.92 Å². The fourth-order valence-electron chi connectivity index (χ4n) is 4.59. The molecule has 0 spiro atoms. The highest BCUT2D eigenvalue weighted by Crippen LogP contribution is 2.31. The van der Waals surface area contributed by atoms with E-state index < -0.39 is 0 Å². The van der Waals surface area contributed by atoms with E-state index in [1.807, 2.05) is 18.2 Å². The van der Waals surface area contributed by atoms with Gasteiger partial charge in [-0.2, -0.15) is 4.98 Å². The van der Waals surface area contributed by atoms with E-state index in [1.54, 1.807) is 14.2 Å². The Bertz CT molecular complexity index is 891. The van der Waals surface area contributed by atoms with Gasteiger partial charge in [-0.05, 0) is 62.9 Å². The van der Waals surface area contributed by atoms with Gasteiger partial charge >= 0.3 is 0 Å². The van der Waals surface area contributed by atoms with E-state index in [2.05, 4.69) is 26.9 Å². The van der Waals surface area contributed by atoms with Crippen LogP contribution in [-0.2, 0) is 11.3 Å². The lowest BCUT2D eigenvalue weighted by Crippen LogP contribution is -2.45. The van der Waals surface area contributed by atoms with Gasteiger partial charge in [-0.25, -0.2) is 0 Å². The van der Waals surface area contributed by atoms with Crippen LogP contribution in [-0.4, -0.2) is 66.2 Å². The molecule has 4 rings (SSSR count). The molecule has 0 bridgehead atoms. The van der Waals surface area contributed by atoms with Gasteiger partial charge in [0, 0.05) is 24.6 Å². The first kappa shape index (κ1) is 21.6. The Morgan fingerprint density at radius 1 is 1.13 bits per heavy atom. The minimum atomic E-state index is 0.145. The fourth-order valence-corrected chi connectivity index (χ4v) is 4.59. The third-order valence-electron chi connectivity index (χ3n) is 6.37. The van der Waals surface area contributed by atoms with Crippen LogP contribution < -0.4 is 9.47 Å². The molecule has 0 unspecified atom stereocenters. The molecule has 1 atom stereocenters. The van der Waals surface area contributed by atoms with Crippen LogP contribution in [0.5, 0.6) is 11.5 Å². The second kappa shape index (κ2) is 9.68. The van der Waals surface area contributed by atoms with Crippen molar-refractivity contribution in [3.05, 3.63) is 24.1 Å². The summed E-state index contributed by atoms with van der Waals surface area (Å²) in [5, 5.41) is 4.12. The normalized spacial score (nSPS) is 20.6. The molecule has 0 saturated carbocycles. The van der Waals surface area contributed by atoms with Gasteiger partial charge in [0.15, 0.2) is 11.5 Å². The van der Waals surface area contributed by atoms with Crippen LogP contribution in [0.2, 0.25) is 0 Å². The molecule has 31 heavy (non-hydrogen) atoms. The highest BCUT2D eigenvalue weighted by Gasteiger charge is 2.31.